The number of nitrogens with one attached hydrogen (secondary N) is 1. The second-order valence-electron chi connectivity index (χ2n) is 8.58. The number of fused-ring (bicyclic) bond motifs is 3. The summed E-state index contributed by atoms with van der Waals surface area (Å²) in [6.07, 6.45) is -2.60. The molecule has 10 heteroatoms. The van der Waals surface area contributed by atoms with Crippen molar-refractivity contribution >= 4 is 27.8 Å². The van der Waals surface area contributed by atoms with E-state index in [0.29, 0.717) is 22.7 Å². The minimum Gasteiger partial charge on any atom is -0.464 e. The van der Waals surface area contributed by atoms with E-state index < -0.39 is 17.8 Å². The van der Waals surface area contributed by atoms with Gasteiger partial charge in [-0.05, 0) is 61.5 Å². The number of ether oxygens (including phenoxy) is 1. The number of aryl methyl sites for hydroxylation is 2. The molecule has 0 radical (unpaired) electrons. The minimum absolute atomic E-state index is 0.234. The molecule has 0 saturated carbocycles. The maximum absolute atomic E-state index is 13.2. The van der Waals surface area contributed by atoms with Gasteiger partial charge in [0.1, 0.15) is 17.6 Å². The van der Waals surface area contributed by atoms with Crippen molar-refractivity contribution in [1.82, 2.24) is 19.7 Å². The van der Waals surface area contributed by atoms with Crippen LogP contribution in [0, 0.1) is 6.92 Å². The summed E-state index contributed by atoms with van der Waals surface area (Å²) < 4.78 is 53.5. The first-order valence-corrected chi connectivity index (χ1v) is 11.2. The summed E-state index contributed by atoms with van der Waals surface area (Å²) in [6.45, 7) is 2.06. The lowest BCUT2D eigenvalue weighted by Crippen LogP contribution is -2.31. The third-order valence-corrected chi connectivity index (χ3v) is 6.01. The van der Waals surface area contributed by atoms with Crippen LogP contribution in [0.25, 0.3) is 27.6 Å². The van der Waals surface area contributed by atoms with Crippen LogP contribution in [0.3, 0.4) is 0 Å². The molecule has 5 aromatic rings. The Morgan fingerprint density at radius 3 is 2.50 bits per heavy atom. The van der Waals surface area contributed by atoms with E-state index >= 15 is 0 Å². The molecular weight excluding hydrogens is 473 g/mol. The number of methoxy groups -OCH3 is 1. The zero-order valence-corrected chi connectivity index (χ0v) is 19.8. The van der Waals surface area contributed by atoms with E-state index in [9.17, 15) is 18.0 Å². The van der Waals surface area contributed by atoms with E-state index in [-0.39, 0.29) is 12.5 Å². The summed E-state index contributed by atoms with van der Waals surface area (Å²) in [6, 6.07) is 13.3. The number of nitrogens with zero attached hydrogens (tertiary/aromatic N) is 3. The molecule has 1 N–H and O–H groups in total. The van der Waals surface area contributed by atoms with E-state index in [1.165, 1.54) is 12.1 Å². The van der Waals surface area contributed by atoms with Gasteiger partial charge in [-0.15, -0.1) is 0 Å². The number of furan rings is 1. The minimum atomic E-state index is -4.42. The Hall–Kier alpha value is -4.05. The molecule has 0 aliphatic heterocycles. The Morgan fingerprint density at radius 1 is 1.11 bits per heavy atom. The van der Waals surface area contributed by atoms with Gasteiger partial charge in [0, 0.05) is 42.4 Å². The van der Waals surface area contributed by atoms with Crippen molar-refractivity contribution in [2.24, 2.45) is 7.05 Å². The second kappa shape index (κ2) is 8.87. The quantitative estimate of drug-likeness (QED) is 0.334. The van der Waals surface area contributed by atoms with Gasteiger partial charge in [-0.2, -0.15) is 18.3 Å². The third kappa shape index (κ3) is 4.24. The molecule has 1 unspecified atom stereocenters. The van der Waals surface area contributed by atoms with E-state index in [2.05, 4.69) is 10.4 Å². The lowest BCUT2D eigenvalue weighted by Gasteiger charge is -2.16. The third-order valence-electron chi connectivity index (χ3n) is 6.01. The first kappa shape index (κ1) is 23.7. The number of amides is 1. The summed E-state index contributed by atoms with van der Waals surface area (Å²) in [5, 5.41) is 8.99. The average molecular weight is 496 g/mol. The number of hydrogen-bond acceptors (Lipinski definition) is 4. The molecule has 0 bridgehead atoms. The Balaban J connectivity index is 1.55. The Bertz CT molecular complexity index is 1560. The SMILES string of the molecule is COCC(NC(=O)c1ccc2c(c1)c1cn(C)nc1n2-c1ccc(C(F)(F)F)cc1)c1ccc(C)o1. The first-order chi connectivity index (χ1) is 17.2. The van der Waals surface area contributed by atoms with Crippen LogP contribution in [0.2, 0.25) is 0 Å². The molecule has 2 aromatic carbocycles. The van der Waals surface area contributed by atoms with Crippen molar-refractivity contribution in [2.75, 3.05) is 13.7 Å². The van der Waals surface area contributed by atoms with Crippen LogP contribution in [0.5, 0.6) is 0 Å². The molecule has 3 aromatic heterocycles. The number of alkyl halides is 3. The summed E-state index contributed by atoms with van der Waals surface area (Å²) in [5.41, 5.74) is 1.53. The zero-order valence-electron chi connectivity index (χ0n) is 19.8. The van der Waals surface area contributed by atoms with Crippen molar-refractivity contribution in [1.29, 1.82) is 0 Å². The zero-order chi connectivity index (χ0) is 25.6. The maximum atomic E-state index is 13.2. The largest absolute Gasteiger partial charge is 0.464 e. The highest BCUT2D eigenvalue weighted by Crippen LogP contribution is 2.34. The van der Waals surface area contributed by atoms with Gasteiger partial charge in [0.05, 0.1) is 17.7 Å². The number of aromatic nitrogens is 3. The van der Waals surface area contributed by atoms with Crippen LogP contribution in [-0.4, -0.2) is 34.0 Å². The van der Waals surface area contributed by atoms with E-state index in [1.807, 2.05) is 19.2 Å². The van der Waals surface area contributed by atoms with Crippen LogP contribution >= 0.6 is 0 Å². The fourth-order valence-electron chi connectivity index (χ4n) is 4.34. The van der Waals surface area contributed by atoms with Crippen LogP contribution in [0.15, 0.2) is 65.2 Å². The van der Waals surface area contributed by atoms with Gasteiger partial charge in [-0.1, -0.05) is 0 Å². The molecular formula is C26H23F3N4O3. The average Bonchev–Trinajstić information content (AvgIpc) is 3.51. The van der Waals surface area contributed by atoms with Crippen molar-refractivity contribution in [3.63, 3.8) is 0 Å². The highest BCUT2D eigenvalue weighted by Gasteiger charge is 2.30. The maximum Gasteiger partial charge on any atom is 0.416 e. The monoisotopic (exact) mass is 496 g/mol. The lowest BCUT2D eigenvalue weighted by atomic mass is 10.1. The van der Waals surface area contributed by atoms with Crippen LogP contribution in [0.4, 0.5) is 13.2 Å². The Morgan fingerprint density at radius 2 is 1.86 bits per heavy atom. The molecule has 36 heavy (non-hydrogen) atoms. The van der Waals surface area contributed by atoms with Gasteiger partial charge in [-0.25, -0.2) is 0 Å². The molecule has 0 spiro atoms. The molecule has 7 nitrogen and oxygen atoms in total. The summed E-state index contributed by atoms with van der Waals surface area (Å²) >= 11 is 0. The topological polar surface area (TPSA) is 74.2 Å². The molecule has 1 atom stereocenters. The van der Waals surface area contributed by atoms with Gasteiger partial charge < -0.3 is 14.5 Å². The molecule has 0 saturated heterocycles. The molecule has 5 rings (SSSR count). The number of carbonyl (C=O) groups is 1. The van der Waals surface area contributed by atoms with Gasteiger partial charge >= 0.3 is 6.18 Å². The molecule has 0 fully saturated rings. The fraction of sp³-hybridized carbons (Fsp3) is 0.231. The standard InChI is InChI=1S/C26H23F3N4O3/c1-15-4-11-23(36-15)21(14-35-3)30-25(34)16-5-10-22-19(12-16)20-13-32(2)31-24(20)33(22)18-8-6-17(7-9-18)26(27,28)29/h4-13,21H,14H2,1-3H3,(H,30,34). The predicted molar refractivity (Wildman–Crippen MR) is 128 cm³/mol. The lowest BCUT2D eigenvalue weighted by molar-refractivity contribution is -0.137. The number of benzene rings is 2. The number of hydrogen-bond donors (Lipinski definition) is 1. The second-order valence-corrected chi connectivity index (χ2v) is 8.58. The van der Waals surface area contributed by atoms with Crippen LogP contribution in [0.1, 0.15) is 33.5 Å². The fourth-order valence-corrected chi connectivity index (χ4v) is 4.34. The van der Waals surface area contributed by atoms with E-state index in [4.69, 9.17) is 9.15 Å². The molecule has 0 aliphatic rings. The van der Waals surface area contributed by atoms with Gasteiger partial charge in [0.15, 0.2) is 5.65 Å². The van der Waals surface area contributed by atoms with Gasteiger partial charge in [0.2, 0.25) is 0 Å². The molecule has 186 valence electrons. The highest BCUT2D eigenvalue weighted by atomic mass is 19.4. The van der Waals surface area contributed by atoms with Gasteiger partial charge in [0.25, 0.3) is 5.91 Å². The Labute approximate surface area is 204 Å². The summed E-state index contributed by atoms with van der Waals surface area (Å²) in [7, 11) is 3.31. The molecule has 0 aliphatic carbocycles. The Kier molecular flexibility index (Phi) is 5.83. The number of halogens is 3. The van der Waals surface area contributed by atoms with E-state index in [0.717, 1.165) is 34.2 Å². The van der Waals surface area contributed by atoms with Crippen LogP contribution in [-0.2, 0) is 18.0 Å². The first-order valence-electron chi connectivity index (χ1n) is 11.2. The van der Waals surface area contributed by atoms with Crippen LogP contribution < -0.4 is 5.32 Å². The van der Waals surface area contributed by atoms with Crippen molar-refractivity contribution in [3.8, 4) is 5.69 Å². The van der Waals surface area contributed by atoms with Gasteiger partial charge in [-0.3, -0.25) is 14.0 Å². The number of rotatable bonds is 6. The van der Waals surface area contributed by atoms with E-state index in [1.54, 1.807) is 47.7 Å². The molecule has 1 amide bonds. The van der Waals surface area contributed by atoms with Crippen molar-refractivity contribution in [3.05, 3.63) is 83.4 Å². The van der Waals surface area contributed by atoms with Crippen molar-refractivity contribution in [2.45, 2.75) is 19.1 Å². The predicted octanol–water partition coefficient (Wildman–Crippen LogP) is 5.55. The van der Waals surface area contributed by atoms with Crippen molar-refractivity contribution < 1.29 is 27.1 Å². The number of carbonyl (C=O) groups excluding carboxylic acids is 1. The summed E-state index contributed by atoms with van der Waals surface area (Å²) in [4.78, 5) is 13.2. The summed E-state index contributed by atoms with van der Waals surface area (Å²) in [5.74, 6) is 1.00. The molecule has 3 heterocycles. The smallest absolute Gasteiger partial charge is 0.416 e. The highest BCUT2D eigenvalue weighted by molar-refractivity contribution is 6.10. The normalized spacial score (nSPS) is 12.9.